The Bertz CT molecular complexity index is 2430. The molecule has 4 nitrogen and oxygen atoms in total. The van der Waals surface area contributed by atoms with Crippen molar-refractivity contribution in [2.45, 2.75) is 39.0 Å². The second kappa shape index (κ2) is 11.9. The number of carbonyl (C=O) groups is 2. The number of carbonyl (C=O) groups excluding carboxylic acids is 2. The third kappa shape index (κ3) is 5.13. The third-order valence-corrected chi connectivity index (χ3v) is 10.8. The molecule has 0 N–H and O–H groups in total. The van der Waals surface area contributed by atoms with Gasteiger partial charge in [0.05, 0.1) is 17.3 Å². The number of nitrogens with zero attached hydrogens (tertiary/aromatic N) is 2. The molecule has 1 atom stereocenters. The van der Waals surface area contributed by atoms with Gasteiger partial charge in [0.1, 0.15) is 11.0 Å². The Kier molecular flexibility index (Phi) is 7.46. The van der Waals surface area contributed by atoms with Crippen molar-refractivity contribution >= 4 is 51.2 Å². The van der Waals surface area contributed by atoms with E-state index in [4.69, 9.17) is 4.37 Å². The minimum Gasteiger partial charge on any atom is -0.288 e. The van der Waals surface area contributed by atoms with Gasteiger partial charge in [-0.1, -0.05) is 124 Å². The average Bonchev–Trinajstić information content (AvgIpc) is 3.71. The van der Waals surface area contributed by atoms with Crippen LogP contribution in [0.25, 0.3) is 39.0 Å². The van der Waals surface area contributed by atoms with E-state index in [-0.39, 0.29) is 28.5 Å². The SMILES string of the molecule is Cc1ccc(-c2ccc(C=C3C(=O)c4cc5ccccc5cc4C3=O)c3nsnc23)cc1C(C)(C)c1ccccc1C(C)c1ccccc1. The summed E-state index contributed by atoms with van der Waals surface area (Å²) in [6, 6.07) is 41.5. The molecular formula is C44H34N2O2S. The van der Waals surface area contributed by atoms with Gasteiger partial charge < -0.3 is 0 Å². The number of ketones is 2. The quantitative estimate of drug-likeness (QED) is 0.132. The molecule has 8 rings (SSSR count). The maximum atomic E-state index is 13.5. The van der Waals surface area contributed by atoms with Crippen LogP contribution in [0.4, 0.5) is 0 Å². The van der Waals surface area contributed by atoms with E-state index in [0.717, 1.165) is 39.1 Å². The van der Waals surface area contributed by atoms with E-state index in [1.165, 1.54) is 27.8 Å². The first-order valence-corrected chi connectivity index (χ1v) is 17.3. The van der Waals surface area contributed by atoms with Crippen LogP contribution < -0.4 is 0 Å². The Morgan fingerprint density at radius 1 is 0.653 bits per heavy atom. The molecule has 0 saturated heterocycles. The van der Waals surface area contributed by atoms with Crippen LogP contribution in [0, 0.1) is 6.92 Å². The van der Waals surface area contributed by atoms with Crippen LogP contribution in [0.2, 0.25) is 0 Å². The molecule has 49 heavy (non-hydrogen) atoms. The number of fused-ring (bicyclic) bond motifs is 3. The van der Waals surface area contributed by atoms with Gasteiger partial charge in [0.25, 0.3) is 0 Å². The highest BCUT2D eigenvalue weighted by atomic mass is 32.1. The van der Waals surface area contributed by atoms with Crippen molar-refractivity contribution in [2.24, 2.45) is 0 Å². The summed E-state index contributed by atoms with van der Waals surface area (Å²) in [6.07, 6.45) is 1.69. The molecule has 0 amide bonds. The van der Waals surface area contributed by atoms with Crippen molar-refractivity contribution in [2.75, 3.05) is 0 Å². The topological polar surface area (TPSA) is 59.9 Å². The molecule has 0 spiro atoms. The monoisotopic (exact) mass is 654 g/mol. The molecule has 1 aromatic heterocycles. The van der Waals surface area contributed by atoms with Gasteiger partial charge in [-0.15, -0.1) is 0 Å². The van der Waals surface area contributed by atoms with Crippen molar-refractivity contribution in [1.82, 2.24) is 8.75 Å². The van der Waals surface area contributed by atoms with E-state index in [1.807, 2.05) is 48.5 Å². The highest BCUT2D eigenvalue weighted by Crippen LogP contribution is 2.42. The maximum Gasteiger partial charge on any atom is 0.197 e. The molecule has 5 heteroatoms. The van der Waals surface area contributed by atoms with Gasteiger partial charge in [0.2, 0.25) is 0 Å². The fraction of sp³-hybridized carbons (Fsp3) is 0.136. The number of allylic oxidation sites excluding steroid dienone is 1. The van der Waals surface area contributed by atoms with E-state index in [9.17, 15) is 9.59 Å². The standard InChI is InChI=1S/C44H34N2O2S/c1-26-18-19-31(25-39(26)44(3,4)38-17-11-10-16-33(38)27(2)28-12-6-5-7-13-28)34-21-20-32(40-41(34)46-49-45-40)24-37-42(47)35-22-29-14-8-9-15-30(29)23-36(35)43(37)48/h5-25,27H,1-4H3. The molecule has 0 radical (unpaired) electrons. The molecule has 0 aliphatic heterocycles. The number of aromatic nitrogens is 2. The summed E-state index contributed by atoms with van der Waals surface area (Å²) in [5.74, 6) is -0.259. The zero-order chi connectivity index (χ0) is 33.9. The van der Waals surface area contributed by atoms with Crippen molar-refractivity contribution in [3.63, 3.8) is 0 Å². The first-order chi connectivity index (χ1) is 23.7. The summed E-state index contributed by atoms with van der Waals surface area (Å²) in [6.45, 7) is 9.07. The fourth-order valence-corrected chi connectivity index (χ4v) is 8.08. The van der Waals surface area contributed by atoms with Gasteiger partial charge in [-0.25, -0.2) is 0 Å². The van der Waals surface area contributed by atoms with Crippen molar-refractivity contribution < 1.29 is 9.59 Å². The number of Topliss-reactive ketones (excluding diaryl/α,β-unsaturated/α-hetero) is 2. The molecule has 0 fully saturated rings. The van der Waals surface area contributed by atoms with E-state index in [2.05, 4.69) is 105 Å². The number of aryl methyl sites for hydroxylation is 1. The number of benzene rings is 6. The van der Waals surface area contributed by atoms with Crippen LogP contribution in [0.1, 0.15) is 80.8 Å². The lowest BCUT2D eigenvalue weighted by Gasteiger charge is -2.32. The lowest BCUT2D eigenvalue weighted by Crippen LogP contribution is -2.23. The molecule has 6 aromatic carbocycles. The predicted octanol–water partition coefficient (Wildman–Crippen LogP) is 10.8. The lowest BCUT2D eigenvalue weighted by molar-refractivity contribution is 0.0990. The van der Waals surface area contributed by atoms with Gasteiger partial charge in [0.15, 0.2) is 11.6 Å². The first kappa shape index (κ1) is 30.8. The molecule has 7 aromatic rings. The van der Waals surface area contributed by atoms with Gasteiger partial charge in [-0.05, 0) is 75.4 Å². The number of rotatable bonds is 6. The minimum absolute atomic E-state index is 0.162. The van der Waals surface area contributed by atoms with Crippen LogP contribution in [0.3, 0.4) is 0 Å². The van der Waals surface area contributed by atoms with Crippen LogP contribution in [0.5, 0.6) is 0 Å². The summed E-state index contributed by atoms with van der Waals surface area (Å²) >= 11 is 1.14. The van der Waals surface area contributed by atoms with E-state index < -0.39 is 0 Å². The summed E-state index contributed by atoms with van der Waals surface area (Å²) in [7, 11) is 0. The van der Waals surface area contributed by atoms with Crippen LogP contribution in [-0.4, -0.2) is 20.3 Å². The second-order valence-electron chi connectivity index (χ2n) is 13.5. The number of hydrogen-bond acceptors (Lipinski definition) is 5. The van der Waals surface area contributed by atoms with Crippen LogP contribution in [-0.2, 0) is 5.41 Å². The highest BCUT2D eigenvalue weighted by molar-refractivity contribution is 7.00. The molecule has 0 bridgehead atoms. The molecule has 1 heterocycles. The second-order valence-corrected chi connectivity index (χ2v) is 14.0. The zero-order valence-electron chi connectivity index (χ0n) is 27.8. The Hall–Kier alpha value is -5.52. The largest absolute Gasteiger partial charge is 0.288 e. The third-order valence-electron chi connectivity index (χ3n) is 10.2. The van der Waals surface area contributed by atoms with Crippen molar-refractivity contribution in [3.8, 4) is 11.1 Å². The van der Waals surface area contributed by atoms with E-state index in [1.54, 1.807) is 6.08 Å². The molecule has 238 valence electrons. The smallest absolute Gasteiger partial charge is 0.197 e. The van der Waals surface area contributed by atoms with E-state index in [0.29, 0.717) is 22.2 Å². The Balaban J connectivity index is 1.18. The fourth-order valence-electron chi connectivity index (χ4n) is 7.50. The Labute approximate surface area is 290 Å². The molecule has 1 aliphatic carbocycles. The zero-order valence-corrected chi connectivity index (χ0v) is 28.6. The Morgan fingerprint density at radius 2 is 1.29 bits per heavy atom. The molecule has 1 aliphatic rings. The predicted molar refractivity (Wildman–Crippen MR) is 201 cm³/mol. The molecule has 0 saturated carbocycles. The van der Waals surface area contributed by atoms with Gasteiger partial charge in [-0.3, -0.25) is 9.59 Å². The molecular weight excluding hydrogens is 621 g/mol. The molecule has 1 unspecified atom stereocenters. The number of hydrogen-bond donors (Lipinski definition) is 0. The Morgan fingerprint density at radius 3 is 2.00 bits per heavy atom. The van der Waals surface area contributed by atoms with Crippen LogP contribution in [0.15, 0.2) is 127 Å². The maximum absolute atomic E-state index is 13.5. The van der Waals surface area contributed by atoms with Gasteiger partial charge in [-0.2, -0.15) is 8.75 Å². The van der Waals surface area contributed by atoms with E-state index >= 15 is 0 Å². The first-order valence-electron chi connectivity index (χ1n) is 16.6. The summed E-state index contributed by atoms with van der Waals surface area (Å²) < 4.78 is 9.37. The van der Waals surface area contributed by atoms with Gasteiger partial charge in [0, 0.05) is 33.6 Å². The van der Waals surface area contributed by atoms with Gasteiger partial charge >= 0.3 is 0 Å². The summed E-state index contributed by atoms with van der Waals surface area (Å²) in [5.41, 5.74) is 11.3. The summed E-state index contributed by atoms with van der Waals surface area (Å²) in [4.78, 5) is 27.0. The highest BCUT2D eigenvalue weighted by Gasteiger charge is 2.34. The summed E-state index contributed by atoms with van der Waals surface area (Å²) in [5, 5.41) is 1.88. The van der Waals surface area contributed by atoms with Crippen molar-refractivity contribution in [3.05, 3.63) is 171 Å². The average molecular weight is 655 g/mol. The minimum atomic E-state index is -0.285. The van der Waals surface area contributed by atoms with Crippen molar-refractivity contribution in [1.29, 1.82) is 0 Å². The lowest BCUT2D eigenvalue weighted by atomic mass is 9.71. The van der Waals surface area contributed by atoms with Crippen LogP contribution >= 0.6 is 11.7 Å². The normalized spacial score (nSPS) is 13.7.